The molecule has 1 aromatic rings. The van der Waals surface area contributed by atoms with Crippen LogP contribution in [0.5, 0.6) is 0 Å². The Kier molecular flexibility index (Phi) is 2.76. The van der Waals surface area contributed by atoms with Gasteiger partial charge in [0, 0.05) is 18.0 Å². The summed E-state index contributed by atoms with van der Waals surface area (Å²) >= 11 is 11.8. The van der Waals surface area contributed by atoms with Gasteiger partial charge in [-0.2, -0.15) is 0 Å². The average molecular weight is 245 g/mol. The second-order valence-corrected chi connectivity index (χ2v) is 4.32. The zero-order valence-corrected chi connectivity index (χ0v) is 9.48. The molecule has 15 heavy (non-hydrogen) atoms. The van der Waals surface area contributed by atoms with Gasteiger partial charge in [-0.15, -0.1) is 0 Å². The van der Waals surface area contributed by atoms with Crippen LogP contribution in [0.4, 0.5) is 11.4 Å². The summed E-state index contributed by atoms with van der Waals surface area (Å²) in [5.41, 5.74) is 6.84. The van der Waals surface area contributed by atoms with E-state index < -0.39 is 0 Å². The molecule has 1 aliphatic heterocycles. The van der Waals surface area contributed by atoms with Gasteiger partial charge >= 0.3 is 0 Å². The first-order chi connectivity index (χ1) is 7.09. The van der Waals surface area contributed by atoms with E-state index >= 15 is 0 Å². The van der Waals surface area contributed by atoms with Crippen molar-refractivity contribution in [3.8, 4) is 0 Å². The Morgan fingerprint density at radius 3 is 2.60 bits per heavy atom. The standard InChI is InChI=1S/C10H10Cl2N2O/c11-6-4-7(12)10(8(13)5-6)14-3-1-2-9(14)15/h4-5H,1-3,13H2. The van der Waals surface area contributed by atoms with Crippen molar-refractivity contribution >= 4 is 40.5 Å². The first-order valence-corrected chi connectivity index (χ1v) is 5.40. The molecule has 2 N–H and O–H groups in total. The van der Waals surface area contributed by atoms with Crippen LogP contribution >= 0.6 is 23.2 Å². The molecule has 3 nitrogen and oxygen atoms in total. The van der Waals surface area contributed by atoms with Gasteiger partial charge in [0.2, 0.25) is 5.91 Å². The highest BCUT2D eigenvalue weighted by Gasteiger charge is 2.25. The Morgan fingerprint density at radius 2 is 2.07 bits per heavy atom. The Labute approximate surface area is 97.8 Å². The molecule has 1 aromatic carbocycles. The van der Waals surface area contributed by atoms with E-state index in [1.165, 1.54) is 0 Å². The normalized spacial score (nSPS) is 16.1. The van der Waals surface area contributed by atoms with E-state index in [2.05, 4.69) is 0 Å². The number of halogens is 2. The lowest BCUT2D eigenvalue weighted by atomic mass is 10.2. The van der Waals surface area contributed by atoms with Crippen molar-refractivity contribution < 1.29 is 4.79 Å². The predicted molar refractivity (Wildman–Crippen MR) is 62.5 cm³/mol. The van der Waals surface area contributed by atoms with Gasteiger partial charge in [0.15, 0.2) is 0 Å². The number of carbonyl (C=O) groups excluding carboxylic acids is 1. The molecule has 0 radical (unpaired) electrons. The minimum Gasteiger partial charge on any atom is -0.397 e. The van der Waals surface area contributed by atoms with E-state index in [9.17, 15) is 4.79 Å². The third-order valence-corrected chi connectivity index (χ3v) is 2.91. The van der Waals surface area contributed by atoms with Crippen molar-refractivity contribution in [2.75, 3.05) is 17.2 Å². The van der Waals surface area contributed by atoms with E-state index in [-0.39, 0.29) is 5.91 Å². The third-order valence-electron chi connectivity index (χ3n) is 2.40. The van der Waals surface area contributed by atoms with Crippen molar-refractivity contribution in [3.05, 3.63) is 22.2 Å². The Morgan fingerprint density at radius 1 is 1.33 bits per heavy atom. The zero-order valence-electron chi connectivity index (χ0n) is 7.96. The van der Waals surface area contributed by atoms with Crippen LogP contribution in [0.3, 0.4) is 0 Å². The number of amides is 1. The summed E-state index contributed by atoms with van der Waals surface area (Å²) in [5.74, 6) is 0.0610. The molecule has 0 spiro atoms. The van der Waals surface area contributed by atoms with Gasteiger partial charge in [-0.1, -0.05) is 23.2 Å². The molecule has 5 heteroatoms. The molecule has 0 aliphatic carbocycles. The Bertz CT molecular complexity index is 397. The van der Waals surface area contributed by atoms with Crippen molar-refractivity contribution in [1.82, 2.24) is 0 Å². The molecule has 0 unspecified atom stereocenters. The van der Waals surface area contributed by atoms with Crippen molar-refractivity contribution in [2.24, 2.45) is 0 Å². The van der Waals surface area contributed by atoms with Crippen LogP contribution in [0.15, 0.2) is 12.1 Å². The van der Waals surface area contributed by atoms with Crippen LogP contribution in [0.25, 0.3) is 0 Å². The summed E-state index contributed by atoms with van der Waals surface area (Å²) in [6, 6.07) is 3.20. The van der Waals surface area contributed by atoms with Crippen molar-refractivity contribution in [2.45, 2.75) is 12.8 Å². The molecule has 0 aromatic heterocycles. The third kappa shape index (κ3) is 1.90. The topological polar surface area (TPSA) is 46.3 Å². The van der Waals surface area contributed by atoms with Crippen LogP contribution < -0.4 is 10.6 Å². The molecule has 0 atom stereocenters. The summed E-state index contributed by atoms with van der Waals surface area (Å²) in [6.45, 7) is 0.671. The van der Waals surface area contributed by atoms with E-state index in [0.717, 1.165) is 6.42 Å². The van der Waals surface area contributed by atoms with Gasteiger partial charge in [0.1, 0.15) is 0 Å². The lowest BCUT2D eigenvalue weighted by Crippen LogP contribution is -2.25. The number of nitrogens with two attached hydrogens (primary N) is 1. The van der Waals surface area contributed by atoms with Gasteiger partial charge in [-0.25, -0.2) is 0 Å². The first kappa shape index (κ1) is 10.6. The summed E-state index contributed by atoms with van der Waals surface area (Å²) in [6.07, 6.45) is 1.40. The second-order valence-electron chi connectivity index (χ2n) is 3.47. The summed E-state index contributed by atoms with van der Waals surface area (Å²) in [7, 11) is 0. The molecule has 1 amide bonds. The zero-order chi connectivity index (χ0) is 11.0. The smallest absolute Gasteiger partial charge is 0.227 e. The second kappa shape index (κ2) is 3.91. The van der Waals surface area contributed by atoms with Gasteiger partial charge in [-0.3, -0.25) is 4.79 Å². The largest absolute Gasteiger partial charge is 0.397 e. The van der Waals surface area contributed by atoms with E-state index in [1.54, 1.807) is 17.0 Å². The highest BCUT2D eigenvalue weighted by Crippen LogP contribution is 2.37. The SMILES string of the molecule is Nc1cc(Cl)cc(Cl)c1N1CCCC1=O. The highest BCUT2D eigenvalue weighted by atomic mass is 35.5. The summed E-state index contributed by atoms with van der Waals surface area (Å²) in [5, 5.41) is 0.906. The molecule has 1 heterocycles. The molecule has 1 aliphatic rings. The number of rotatable bonds is 1. The highest BCUT2D eigenvalue weighted by molar-refractivity contribution is 6.37. The maximum Gasteiger partial charge on any atom is 0.227 e. The van der Waals surface area contributed by atoms with E-state index in [0.29, 0.717) is 34.4 Å². The van der Waals surface area contributed by atoms with Crippen LogP contribution in [0.2, 0.25) is 10.0 Å². The van der Waals surface area contributed by atoms with Crippen LogP contribution in [0, 0.1) is 0 Å². The lowest BCUT2D eigenvalue weighted by Gasteiger charge is -2.19. The number of benzene rings is 1. The summed E-state index contributed by atoms with van der Waals surface area (Å²) in [4.78, 5) is 13.2. The van der Waals surface area contributed by atoms with Gasteiger partial charge in [0.05, 0.1) is 16.4 Å². The molecule has 80 valence electrons. The maximum atomic E-state index is 11.5. The molecule has 0 bridgehead atoms. The monoisotopic (exact) mass is 244 g/mol. The number of nitrogen functional groups attached to an aromatic ring is 1. The summed E-state index contributed by atoms with van der Waals surface area (Å²) < 4.78 is 0. The average Bonchev–Trinajstić information content (AvgIpc) is 2.50. The van der Waals surface area contributed by atoms with E-state index in [1.807, 2.05) is 0 Å². The number of hydrogen-bond donors (Lipinski definition) is 1. The number of hydrogen-bond acceptors (Lipinski definition) is 2. The fraction of sp³-hybridized carbons (Fsp3) is 0.300. The molecule has 1 saturated heterocycles. The number of carbonyl (C=O) groups is 1. The van der Waals surface area contributed by atoms with Crippen molar-refractivity contribution in [1.29, 1.82) is 0 Å². The molecule has 0 saturated carbocycles. The first-order valence-electron chi connectivity index (χ1n) is 4.64. The maximum absolute atomic E-state index is 11.5. The van der Waals surface area contributed by atoms with Gasteiger partial charge < -0.3 is 10.6 Å². The minimum absolute atomic E-state index is 0.0610. The van der Waals surface area contributed by atoms with Crippen molar-refractivity contribution in [3.63, 3.8) is 0 Å². The molecular weight excluding hydrogens is 235 g/mol. The fourth-order valence-corrected chi connectivity index (χ4v) is 2.37. The Balaban J connectivity index is 2.47. The van der Waals surface area contributed by atoms with E-state index in [4.69, 9.17) is 28.9 Å². The minimum atomic E-state index is 0.0610. The predicted octanol–water partition coefficient (Wildman–Crippen LogP) is 2.70. The fourth-order valence-electron chi connectivity index (χ4n) is 1.76. The van der Waals surface area contributed by atoms with Crippen LogP contribution in [0.1, 0.15) is 12.8 Å². The Hall–Kier alpha value is -0.930. The molecular formula is C10H10Cl2N2O. The van der Waals surface area contributed by atoms with Crippen LogP contribution in [-0.4, -0.2) is 12.5 Å². The number of nitrogens with zero attached hydrogens (tertiary/aromatic N) is 1. The van der Waals surface area contributed by atoms with Crippen LogP contribution in [-0.2, 0) is 4.79 Å². The van der Waals surface area contributed by atoms with Gasteiger partial charge in [0.25, 0.3) is 0 Å². The molecule has 1 fully saturated rings. The quantitative estimate of drug-likeness (QED) is 0.773. The lowest BCUT2D eigenvalue weighted by molar-refractivity contribution is -0.117. The molecule has 2 rings (SSSR count). The van der Waals surface area contributed by atoms with Gasteiger partial charge in [-0.05, 0) is 18.6 Å². The number of anilines is 2.